The lowest BCUT2D eigenvalue weighted by Gasteiger charge is -2.16. The fraction of sp³-hybridized carbons (Fsp3) is 0.615. The standard InChI is InChI=1S/C13H19NO3/c1-13(2)6-3-4-10(5-7-13)16-9-11-8-14-12(15)17-11/h4-5,7,11H,3,6,8-9H2,1-2H3,(H,14,15). The molecular weight excluding hydrogens is 218 g/mol. The van der Waals surface area contributed by atoms with Crippen LogP contribution < -0.4 is 5.32 Å². The Balaban J connectivity index is 1.83. The molecule has 1 saturated heterocycles. The molecule has 0 bridgehead atoms. The van der Waals surface area contributed by atoms with Gasteiger partial charge in [0.25, 0.3) is 0 Å². The highest BCUT2D eigenvalue weighted by Crippen LogP contribution is 2.28. The maximum atomic E-state index is 10.8. The number of cyclic esters (lactones) is 1. The van der Waals surface area contributed by atoms with Crippen LogP contribution in [0, 0.1) is 5.41 Å². The normalized spacial score (nSPS) is 26.8. The number of carbonyl (C=O) groups is 1. The Hall–Kier alpha value is -1.45. The zero-order valence-corrected chi connectivity index (χ0v) is 10.4. The SMILES string of the molecule is CC1(C)C=CC(OCC2CNC(=O)O2)=CCC1. The van der Waals surface area contributed by atoms with Crippen LogP contribution in [0.15, 0.2) is 24.0 Å². The van der Waals surface area contributed by atoms with Crippen LogP contribution in [-0.2, 0) is 9.47 Å². The zero-order valence-electron chi connectivity index (χ0n) is 10.4. The molecule has 2 aliphatic rings. The number of carbonyl (C=O) groups excluding carboxylic acids is 1. The van der Waals surface area contributed by atoms with E-state index in [0.717, 1.165) is 18.6 Å². The number of amides is 1. The summed E-state index contributed by atoms with van der Waals surface area (Å²) in [5.74, 6) is 0.874. The maximum Gasteiger partial charge on any atom is 0.407 e. The van der Waals surface area contributed by atoms with Crippen molar-refractivity contribution in [1.29, 1.82) is 0 Å². The van der Waals surface area contributed by atoms with Crippen LogP contribution in [-0.4, -0.2) is 25.3 Å². The summed E-state index contributed by atoms with van der Waals surface area (Å²) in [6.45, 7) is 5.36. The lowest BCUT2D eigenvalue weighted by Crippen LogP contribution is -2.19. The molecule has 94 valence electrons. The van der Waals surface area contributed by atoms with Gasteiger partial charge in [-0.05, 0) is 30.4 Å². The molecular formula is C13H19NO3. The molecule has 1 aliphatic heterocycles. The van der Waals surface area contributed by atoms with Crippen molar-refractivity contribution in [2.45, 2.75) is 32.8 Å². The van der Waals surface area contributed by atoms with E-state index < -0.39 is 0 Å². The summed E-state index contributed by atoms with van der Waals surface area (Å²) in [5, 5.41) is 2.60. The van der Waals surface area contributed by atoms with Crippen molar-refractivity contribution in [2.75, 3.05) is 13.2 Å². The highest BCUT2D eigenvalue weighted by Gasteiger charge is 2.23. The van der Waals surface area contributed by atoms with Crippen molar-refractivity contribution in [3.05, 3.63) is 24.0 Å². The minimum Gasteiger partial charge on any atom is -0.490 e. The second kappa shape index (κ2) is 4.82. The molecule has 17 heavy (non-hydrogen) atoms. The number of allylic oxidation sites excluding steroid dienone is 3. The van der Waals surface area contributed by atoms with Crippen LogP contribution in [0.25, 0.3) is 0 Å². The van der Waals surface area contributed by atoms with E-state index in [2.05, 4.69) is 31.3 Å². The smallest absolute Gasteiger partial charge is 0.407 e. The average molecular weight is 237 g/mol. The van der Waals surface area contributed by atoms with Crippen LogP contribution in [0.4, 0.5) is 4.79 Å². The molecule has 1 atom stereocenters. The van der Waals surface area contributed by atoms with Gasteiger partial charge in [0.15, 0.2) is 6.10 Å². The van der Waals surface area contributed by atoms with Gasteiger partial charge in [-0.15, -0.1) is 0 Å². The Bertz CT molecular complexity index is 358. The number of alkyl carbamates (subject to hydrolysis) is 1. The molecule has 0 saturated carbocycles. The van der Waals surface area contributed by atoms with Gasteiger partial charge in [-0.2, -0.15) is 0 Å². The van der Waals surface area contributed by atoms with Crippen molar-refractivity contribution < 1.29 is 14.3 Å². The second-order valence-electron chi connectivity index (χ2n) is 5.19. The lowest BCUT2D eigenvalue weighted by atomic mass is 9.89. The Kier molecular flexibility index (Phi) is 3.41. The summed E-state index contributed by atoms with van der Waals surface area (Å²) in [6, 6.07) is 0. The van der Waals surface area contributed by atoms with Gasteiger partial charge in [0.1, 0.15) is 12.4 Å². The van der Waals surface area contributed by atoms with E-state index in [1.54, 1.807) is 0 Å². The van der Waals surface area contributed by atoms with Crippen molar-refractivity contribution in [3.8, 4) is 0 Å². The number of nitrogens with one attached hydrogen (secondary N) is 1. The quantitative estimate of drug-likeness (QED) is 0.819. The fourth-order valence-electron chi connectivity index (χ4n) is 1.87. The van der Waals surface area contributed by atoms with Crippen molar-refractivity contribution in [1.82, 2.24) is 5.32 Å². The topological polar surface area (TPSA) is 47.6 Å². The van der Waals surface area contributed by atoms with Gasteiger partial charge in [0, 0.05) is 0 Å². The minimum atomic E-state index is -0.356. The Morgan fingerprint density at radius 3 is 3.12 bits per heavy atom. The molecule has 2 rings (SSSR count). The van der Waals surface area contributed by atoms with Crippen LogP contribution in [0.3, 0.4) is 0 Å². The molecule has 0 aromatic carbocycles. The Morgan fingerprint density at radius 1 is 1.59 bits per heavy atom. The zero-order chi connectivity index (χ0) is 12.3. The molecule has 1 unspecified atom stereocenters. The van der Waals surface area contributed by atoms with Crippen molar-refractivity contribution in [2.24, 2.45) is 5.41 Å². The predicted molar refractivity (Wildman–Crippen MR) is 64.5 cm³/mol. The third-order valence-corrected chi connectivity index (χ3v) is 3.02. The van der Waals surface area contributed by atoms with Crippen LogP contribution >= 0.6 is 0 Å². The van der Waals surface area contributed by atoms with E-state index in [9.17, 15) is 4.79 Å². The average Bonchev–Trinajstić information content (AvgIpc) is 2.59. The first kappa shape index (κ1) is 12.0. The number of ether oxygens (including phenoxy) is 2. The predicted octanol–water partition coefficient (Wildman–Crippen LogP) is 2.37. The minimum absolute atomic E-state index is 0.173. The first-order valence-electron chi connectivity index (χ1n) is 6.02. The summed E-state index contributed by atoms with van der Waals surface area (Å²) in [7, 11) is 0. The molecule has 0 spiro atoms. The van der Waals surface area contributed by atoms with Crippen molar-refractivity contribution >= 4 is 6.09 Å². The molecule has 0 aromatic heterocycles. The van der Waals surface area contributed by atoms with Gasteiger partial charge >= 0.3 is 6.09 Å². The highest BCUT2D eigenvalue weighted by molar-refractivity contribution is 5.69. The van der Waals surface area contributed by atoms with Gasteiger partial charge in [-0.1, -0.05) is 19.9 Å². The van der Waals surface area contributed by atoms with E-state index >= 15 is 0 Å². The van der Waals surface area contributed by atoms with Crippen molar-refractivity contribution in [3.63, 3.8) is 0 Å². The molecule has 1 heterocycles. The number of hydrogen-bond donors (Lipinski definition) is 1. The number of hydrogen-bond acceptors (Lipinski definition) is 3. The third kappa shape index (κ3) is 3.51. The fourth-order valence-corrected chi connectivity index (χ4v) is 1.87. The van der Waals surface area contributed by atoms with Crippen LogP contribution in [0.2, 0.25) is 0 Å². The van der Waals surface area contributed by atoms with Gasteiger partial charge in [0.05, 0.1) is 6.54 Å². The van der Waals surface area contributed by atoms with E-state index in [-0.39, 0.29) is 17.6 Å². The highest BCUT2D eigenvalue weighted by atomic mass is 16.6. The van der Waals surface area contributed by atoms with Crippen LogP contribution in [0.1, 0.15) is 26.7 Å². The number of rotatable bonds is 3. The van der Waals surface area contributed by atoms with Gasteiger partial charge in [-0.25, -0.2) is 4.79 Å². The van der Waals surface area contributed by atoms with E-state index in [1.165, 1.54) is 0 Å². The van der Waals surface area contributed by atoms with Gasteiger partial charge in [-0.3, -0.25) is 0 Å². The Morgan fingerprint density at radius 2 is 2.41 bits per heavy atom. The molecule has 0 aromatic rings. The van der Waals surface area contributed by atoms with E-state index in [4.69, 9.17) is 9.47 Å². The van der Waals surface area contributed by atoms with E-state index in [1.807, 2.05) is 6.08 Å². The first-order valence-corrected chi connectivity index (χ1v) is 6.02. The molecule has 4 heteroatoms. The summed E-state index contributed by atoms with van der Waals surface area (Å²) in [5.41, 5.74) is 0.225. The first-order chi connectivity index (χ1) is 8.05. The van der Waals surface area contributed by atoms with Crippen LogP contribution in [0.5, 0.6) is 0 Å². The molecule has 1 fully saturated rings. The summed E-state index contributed by atoms with van der Waals surface area (Å²) in [6.07, 6.45) is 7.88. The largest absolute Gasteiger partial charge is 0.490 e. The molecule has 1 aliphatic carbocycles. The van der Waals surface area contributed by atoms with Gasteiger partial charge < -0.3 is 14.8 Å². The van der Waals surface area contributed by atoms with E-state index in [0.29, 0.717) is 13.2 Å². The monoisotopic (exact) mass is 237 g/mol. The lowest BCUT2D eigenvalue weighted by molar-refractivity contribution is 0.0807. The summed E-state index contributed by atoms with van der Waals surface area (Å²) >= 11 is 0. The molecule has 4 nitrogen and oxygen atoms in total. The molecule has 0 radical (unpaired) electrons. The summed E-state index contributed by atoms with van der Waals surface area (Å²) < 4.78 is 10.6. The third-order valence-electron chi connectivity index (χ3n) is 3.02. The molecule has 1 N–H and O–H groups in total. The molecule has 1 amide bonds. The maximum absolute atomic E-state index is 10.8. The summed E-state index contributed by atoms with van der Waals surface area (Å²) in [4.78, 5) is 10.8. The Labute approximate surface area is 102 Å². The second-order valence-corrected chi connectivity index (χ2v) is 5.19. The van der Waals surface area contributed by atoms with Gasteiger partial charge in [0.2, 0.25) is 0 Å².